The average Bonchev–Trinajstić information content (AvgIpc) is 3.09. The molecule has 0 radical (unpaired) electrons. The molecule has 0 fully saturated rings. The summed E-state index contributed by atoms with van der Waals surface area (Å²) in [5.74, 6) is -0.674. The number of para-hydroxylation sites is 1. The van der Waals surface area contributed by atoms with Crippen LogP contribution in [0.4, 0.5) is 10.1 Å². The minimum absolute atomic E-state index is 0.314. The fourth-order valence-corrected chi connectivity index (χ4v) is 2.30. The quantitative estimate of drug-likeness (QED) is 0.728. The fourth-order valence-electron chi connectivity index (χ4n) is 2.30. The van der Waals surface area contributed by atoms with Crippen molar-refractivity contribution < 1.29 is 9.18 Å². The van der Waals surface area contributed by atoms with Crippen molar-refractivity contribution in [1.29, 1.82) is 0 Å². The summed E-state index contributed by atoms with van der Waals surface area (Å²) in [6, 6.07) is 15.7. The number of benzene rings is 2. The highest BCUT2D eigenvalue weighted by atomic mass is 19.1. The van der Waals surface area contributed by atoms with Crippen molar-refractivity contribution in [2.24, 2.45) is 0 Å². The van der Waals surface area contributed by atoms with E-state index in [4.69, 9.17) is 0 Å². The number of carbonyl (C=O) groups is 1. The number of hydrogen-bond donors (Lipinski definition) is 1. The second-order valence-electron chi connectivity index (χ2n) is 5.20. The van der Waals surface area contributed by atoms with Crippen molar-refractivity contribution in [2.45, 2.75) is 6.54 Å². The maximum Gasteiger partial charge on any atom is 0.248 e. The van der Waals surface area contributed by atoms with Crippen LogP contribution in [-0.4, -0.2) is 15.7 Å². The molecule has 1 N–H and O–H groups in total. The lowest BCUT2D eigenvalue weighted by Crippen LogP contribution is -2.11. The summed E-state index contributed by atoms with van der Waals surface area (Å²) in [7, 11) is 0. The Kier molecular flexibility index (Phi) is 4.81. The molecule has 0 aliphatic heterocycles. The molecule has 0 spiro atoms. The van der Waals surface area contributed by atoms with Gasteiger partial charge in [0.05, 0.1) is 6.54 Å². The molecule has 120 valence electrons. The van der Waals surface area contributed by atoms with Gasteiger partial charge in [-0.15, -0.1) is 0 Å². The monoisotopic (exact) mass is 321 g/mol. The van der Waals surface area contributed by atoms with E-state index >= 15 is 0 Å². The van der Waals surface area contributed by atoms with E-state index < -0.39 is 0 Å². The van der Waals surface area contributed by atoms with Crippen LogP contribution in [0.2, 0.25) is 0 Å². The molecule has 0 unspecified atom stereocenters. The Morgan fingerprint density at radius 3 is 2.71 bits per heavy atom. The number of aromatic nitrogens is 2. The van der Waals surface area contributed by atoms with Gasteiger partial charge in [-0.1, -0.05) is 36.4 Å². The molecule has 1 aromatic heterocycles. The first-order valence-electron chi connectivity index (χ1n) is 7.51. The van der Waals surface area contributed by atoms with E-state index in [9.17, 15) is 9.18 Å². The van der Waals surface area contributed by atoms with Gasteiger partial charge >= 0.3 is 0 Å². The van der Waals surface area contributed by atoms with Gasteiger partial charge in [0.2, 0.25) is 5.91 Å². The second-order valence-corrected chi connectivity index (χ2v) is 5.20. The Hall–Kier alpha value is -3.21. The van der Waals surface area contributed by atoms with E-state index in [1.807, 2.05) is 36.5 Å². The van der Waals surface area contributed by atoms with E-state index in [-0.39, 0.29) is 11.7 Å². The molecule has 0 saturated carbocycles. The van der Waals surface area contributed by atoms with Crippen molar-refractivity contribution >= 4 is 17.7 Å². The zero-order valence-corrected chi connectivity index (χ0v) is 12.9. The van der Waals surface area contributed by atoms with Crippen molar-refractivity contribution in [2.75, 3.05) is 5.32 Å². The molecular weight excluding hydrogens is 305 g/mol. The third-order valence-electron chi connectivity index (χ3n) is 3.49. The molecule has 1 heterocycles. The molecular formula is C19H16FN3O. The van der Waals surface area contributed by atoms with Crippen LogP contribution in [0, 0.1) is 5.82 Å². The summed E-state index contributed by atoms with van der Waals surface area (Å²) in [6.45, 7) is 0.556. The van der Waals surface area contributed by atoms with Crippen LogP contribution in [0.3, 0.4) is 0 Å². The third-order valence-corrected chi connectivity index (χ3v) is 3.49. The maximum atomic E-state index is 13.6. The van der Waals surface area contributed by atoms with Gasteiger partial charge in [0.15, 0.2) is 0 Å². The number of anilines is 1. The lowest BCUT2D eigenvalue weighted by molar-refractivity contribution is -0.111. The van der Waals surface area contributed by atoms with E-state index in [0.717, 1.165) is 5.56 Å². The Morgan fingerprint density at radius 2 is 1.92 bits per heavy atom. The van der Waals surface area contributed by atoms with Crippen molar-refractivity contribution in [3.63, 3.8) is 0 Å². The summed E-state index contributed by atoms with van der Waals surface area (Å²) in [5, 5.41) is 6.99. The van der Waals surface area contributed by atoms with Gasteiger partial charge in [0.25, 0.3) is 0 Å². The van der Waals surface area contributed by atoms with E-state index in [0.29, 0.717) is 17.8 Å². The summed E-state index contributed by atoms with van der Waals surface area (Å²) < 4.78 is 15.3. The van der Waals surface area contributed by atoms with Gasteiger partial charge in [0, 0.05) is 29.7 Å². The first-order valence-corrected chi connectivity index (χ1v) is 7.51. The first-order chi connectivity index (χ1) is 11.7. The second kappa shape index (κ2) is 7.37. The summed E-state index contributed by atoms with van der Waals surface area (Å²) in [5.41, 5.74) is 2.02. The Labute approximate surface area is 139 Å². The molecule has 2 aromatic carbocycles. The van der Waals surface area contributed by atoms with E-state index in [1.165, 1.54) is 18.2 Å². The Bertz CT molecular complexity index is 857. The van der Waals surface area contributed by atoms with Crippen LogP contribution in [0.5, 0.6) is 0 Å². The molecule has 24 heavy (non-hydrogen) atoms. The smallest absolute Gasteiger partial charge is 0.248 e. The SMILES string of the molecule is O=C(/C=C/c1ccccc1F)Nc1ccccc1Cn1cccn1. The molecule has 0 saturated heterocycles. The Morgan fingerprint density at radius 1 is 1.12 bits per heavy atom. The van der Waals surface area contributed by atoms with Crippen LogP contribution in [0.25, 0.3) is 6.08 Å². The number of rotatable bonds is 5. The molecule has 3 rings (SSSR count). The number of nitrogens with zero attached hydrogens (tertiary/aromatic N) is 2. The van der Waals surface area contributed by atoms with Crippen molar-refractivity contribution in [3.8, 4) is 0 Å². The summed E-state index contributed by atoms with van der Waals surface area (Å²) >= 11 is 0. The molecule has 0 aliphatic rings. The van der Waals surface area contributed by atoms with Gasteiger partial charge in [-0.05, 0) is 29.8 Å². The first kappa shape index (κ1) is 15.7. The molecule has 0 atom stereocenters. The van der Waals surface area contributed by atoms with Gasteiger partial charge in [0.1, 0.15) is 5.82 Å². The van der Waals surface area contributed by atoms with Crippen LogP contribution in [0.15, 0.2) is 73.1 Å². The molecule has 4 nitrogen and oxygen atoms in total. The predicted octanol–water partition coefficient (Wildman–Crippen LogP) is 3.72. The standard InChI is InChI=1S/C19H16FN3O/c20-17-8-3-1-6-15(17)10-11-19(24)22-18-9-4-2-7-16(18)14-23-13-5-12-21-23/h1-13H,14H2,(H,22,24)/b11-10+. The number of amides is 1. The average molecular weight is 321 g/mol. The maximum absolute atomic E-state index is 13.6. The van der Waals surface area contributed by atoms with Crippen LogP contribution >= 0.6 is 0 Å². The lowest BCUT2D eigenvalue weighted by atomic mass is 10.1. The topological polar surface area (TPSA) is 46.9 Å². The normalized spacial score (nSPS) is 10.9. The van der Waals surface area contributed by atoms with Gasteiger partial charge in [-0.25, -0.2) is 4.39 Å². The minimum Gasteiger partial charge on any atom is -0.322 e. The van der Waals surface area contributed by atoms with E-state index in [2.05, 4.69) is 10.4 Å². The van der Waals surface area contributed by atoms with E-state index in [1.54, 1.807) is 29.1 Å². The third kappa shape index (κ3) is 3.95. The van der Waals surface area contributed by atoms with Crippen molar-refractivity contribution in [1.82, 2.24) is 9.78 Å². The zero-order chi connectivity index (χ0) is 16.8. The molecule has 0 bridgehead atoms. The largest absolute Gasteiger partial charge is 0.322 e. The number of halogens is 1. The molecule has 0 aliphatic carbocycles. The number of carbonyl (C=O) groups excluding carboxylic acids is 1. The number of nitrogens with one attached hydrogen (secondary N) is 1. The predicted molar refractivity (Wildman–Crippen MR) is 91.8 cm³/mol. The fraction of sp³-hybridized carbons (Fsp3) is 0.0526. The minimum atomic E-state index is -0.361. The van der Waals surface area contributed by atoms with Crippen LogP contribution < -0.4 is 5.32 Å². The highest BCUT2D eigenvalue weighted by Crippen LogP contribution is 2.16. The highest BCUT2D eigenvalue weighted by molar-refractivity contribution is 6.02. The molecule has 1 amide bonds. The van der Waals surface area contributed by atoms with Gasteiger partial charge in [-0.3, -0.25) is 9.48 Å². The van der Waals surface area contributed by atoms with Crippen molar-refractivity contribution in [3.05, 3.63) is 90.0 Å². The summed E-state index contributed by atoms with van der Waals surface area (Å²) in [6.07, 6.45) is 6.35. The lowest BCUT2D eigenvalue weighted by Gasteiger charge is -2.10. The van der Waals surface area contributed by atoms with Gasteiger partial charge in [-0.2, -0.15) is 5.10 Å². The van der Waals surface area contributed by atoms with Gasteiger partial charge < -0.3 is 5.32 Å². The Balaban J connectivity index is 1.72. The molecule has 3 aromatic rings. The molecule has 5 heteroatoms. The highest BCUT2D eigenvalue weighted by Gasteiger charge is 2.05. The van der Waals surface area contributed by atoms with Crippen LogP contribution in [-0.2, 0) is 11.3 Å². The number of hydrogen-bond acceptors (Lipinski definition) is 2. The summed E-state index contributed by atoms with van der Waals surface area (Å²) in [4.78, 5) is 12.1. The van der Waals surface area contributed by atoms with Crippen LogP contribution in [0.1, 0.15) is 11.1 Å². The zero-order valence-electron chi connectivity index (χ0n) is 12.9.